The maximum atomic E-state index is 12.6. The molecule has 3 rings (SSSR count). The SMILES string of the molecule is CCN1CCC(N(C)C(=O)Cc2nc(-c3ccsc3)oc2C)CC1. The number of oxazole rings is 1. The molecule has 24 heavy (non-hydrogen) atoms. The Morgan fingerprint density at radius 1 is 1.46 bits per heavy atom. The van der Waals surface area contributed by atoms with Gasteiger partial charge in [-0.05, 0) is 37.8 Å². The lowest BCUT2D eigenvalue weighted by molar-refractivity contribution is -0.132. The number of piperidine rings is 1. The maximum Gasteiger partial charge on any atom is 0.228 e. The van der Waals surface area contributed by atoms with Crippen LogP contribution in [0.15, 0.2) is 21.2 Å². The minimum Gasteiger partial charge on any atom is -0.441 e. The van der Waals surface area contributed by atoms with Crippen LogP contribution in [0, 0.1) is 6.92 Å². The van der Waals surface area contributed by atoms with Crippen LogP contribution in [0.4, 0.5) is 0 Å². The molecule has 0 bridgehead atoms. The second-order valence-electron chi connectivity index (χ2n) is 6.38. The Morgan fingerprint density at radius 3 is 2.83 bits per heavy atom. The van der Waals surface area contributed by atoms with Crippen LogP contribution >= 0.6 is 11.3 Å². The predicted octanol–water partition coefficient (Wildman–Crippen LogP) is 3.20. The summed E-state index contributed by atoms with van der Waals surface area (Å²) in [5.41, 5.74) is 1.72. The van der Waals surface area contributed by atoms with Gasteiger partial charge in [0.2, 0.25) is 11.8 Å². The fourth-order valence-electron chi connectivity index (χ4n) is 3.20. The standard InChI is InChI=1S/C18H25N3O2S/c1-4-21-8-5-15(6-9-21)20(3)17(22)11-16-13(2)23-18(19-16)14-7-10-24-12-14/h7,10,12,15H,4-6,8-9,11H2,1-3H3. The van der Waals surface area contributed by atoms with Crippen molar-refractivity contribution in [3.63, 3.8) is 0 Å². The lowest BCUT2D eigenvalue weighted by Crippen LogP contribution is -2.46. The number of aromatic nitrogens is 1. The number of amides is 1. The van der Waals surface area contributed by atoms with E-state index >= 15 is 0 Å². The first kappa shape index (κ1) is 17.2. The lowest BCUT2D eigenvalue weighted by atomic mass is 10.0. The van der Waals surface area contributed by atoms with Crippen molar-refractivity contribution in [2.24, 2.45) is 0 Å². The molecular weight excluding hydrogens is 322 g/mol. The Hall–Kier alpha value is -1.66. The Morgan fingerprint density at radius 2 is 2.21 bits per heavy atom. The summed E-state index contributed by atoms with van der Waals surface area (Å²) in [5, 5.41) is 4.00. The molecule has 5 nitrogen and oxygen atoms in total. The van der Waals surface area contributed by atoms with Crippen LogP contribution in [-0.2, 0) is 11.2 Å². The molecule has 2 aromatic rings. The second kappa shape index (κ2) is 7.49. The summed E-state index contributed by atoms with van der Waals surface area (Å²) in [6.07, 6.45) is 2.41. The van der Waals surface area contributed by atoms with Gasteiger partial charge in [0, 0.05) is 37.1 Å². The number of likely N-dealkylation sites (N-methyl/N-ethyl adjacent to an activating group) is 1. The van der Waals surface area contributed by atoms with E-state index in [4.69, 9.17) is 4.42 Å². The van der Waals surface area contributed by atoms with Gasteiger partial charge in [-0.2, -0.15) is 11.3 Å². The predicted molar refractivity (Wildman–Crippen MR) is 96.2 cm³/mol. The molecule has 1 saturated heterocycles. The zero-order chi connectivity index (χ0) is 17.1. The van der Waals surface area contributed by atoms with Gasteiger partial charge in [-0.15, -0.1) is 0 Å². The minimum atomic E-state index is 0.123. The molecular formula is C18H25N3O2S. The third-order valence-corrected chi connectivity index (χ3v) is 5.61. The number of likely N-dealkylation sites (tertiary alicyclic amines) is 1. The zero-order valence-corrected chi connectivity index (χ0v) is 15.4. The number of hydrogen-bond acceptors (Lipinski definition) is 5. The van der Waals surface area contributed by atoms with Gasteiger partial charge in [-0.3, -0.25) is 4.79 Å². The number of rotatable bonds is 5. The summed E-state index contributed by atoms with van der Waals surface area (Å²) >= 11 is 1.61. The number of thiophene rings is 1. The number of nitrogens with zero attached hydrogens (tertiary/aromatic N) is 3. The molecule has 0 atom stereocenters. The molecule has 0 unspecified atom stereocenters. The molecule has 0 spiro atoms. The normalized spacial score (nSPS) is 16.5. The van der Waals surface area contributed by atoms with Crippen LogP contribution < -0.4 is 0 Å². The van der Waals surface area contributed by atoms with E-state index in [0.29, 0.717) is 18.4 Å². The Labute approximate surface area is 147 Å². The van der Waals surface area contributed by atoms with Gasteiger partial charge in [0.25, 0.3) is 0 Å². The molecule has 1 aliphatic heterocycles. The van der Waals surface area contributed by atoms with E-state index in [9.17, 15) is 4.79 Å². The monoisotopic (exact) mass is 347 g/mol. The molecule has 0 saturated carbocycles. The summed E-state index contributed by atoms with van der Waals surface area (Å²) in [6.45, 7) is 7.31. The van der Waals surface area contributed by atoms with Gasteiger partial charge in [0.1, 0.15) is 5.76 Å². The summed E-state index contributed by atoms with van der Waals surface area (Å²) in [6, 6.07) is 2.32. The Bertz CT molecular complexity index is 673. The fourth-order valence-corrected chi connectivity index (χ4v) is 3.83. The molecule has 0 aromatic carbocycles. The number of hydrogen-bond donors (Lipinski definition) is 0. The van der Waals surface area contributed by atoms with Crippen molar-refractivity contribution in [2.75, 3.05) is 26.7 Å². The topological polar surface area (TPSA) is 49.6 Å². The molecule has 3 heterocycles. The van der Waals surface area contributed by atoms with Gasteiger partial charge < -0.3 is 14.2 Å². The van der Waals surface area contributed by atoms with Crippen molar-refractivity contribution < 1.29 is 9.21 Å². The highest BCUT2D eigenvalue weighted by Gasteiger charge is 2.26. The number of carbonyl (C=O) groups excluding carboxylic acids is 1. The quantitative estimate of drug-likeness (QED) is 0.833. The van der Waals surface area contributed by atoms with E-state index < -0.39 is 0 Å². The van der Waals surface area contributed by atoms with Crippen molar-refractivity contribution in [1.82, 2.24) is 14.8 Å². The summed E-state index contributed by atoms with van der Waals surface area (Å²) in [5.74, 6) is 1.47. The zero-order valence-electron chi connectivity index (χ0n) is 14.6. The second-order valence-corrected chi connectivity index (χ2v) is 7.16. The molecule has 0 radical (unpaired) electrons. The number of aryl methyl sites for hydroxylation is 1. The maximum absolute atomic E-state index is 12.6. The van der Waals surface area contributed by atoms with E-state index in [0.717, 1.165) is 49.5 Å². The molecule has 2 aromatic heterocycles. The van der Waals surface area contributed by atoms with Crippen molar-refractivity contribution in [3.8, 4) is 11.5 Å². The molecule has 1 amide bonds. The minimum absolute atomic E-state index is 0.123. The first-order valence-electron chi connectivity index (χ1n) is 8.55. The van der Waals surface area contributed by atoms with Crippen molar-refractivity contribution in [1.29, 1.82) is 0 Å². The molecule has 0 N–H and O–H groups in total. The third-order valence-electron chi connectivity index (χ3n) is 4.92. The van der Waals surface area contributed by atoms with Crippen LogP contribution in [0.2, 0.25) is 0 Å². The average Bonchev–Trinajstić information content (AvgIpc) is 3.24. The molecule has 0 aliphatic carbocycles. The average molecular weight is 347 g/mol. The van der Waals surface area contributed by atoms with Crippen LogP contribution in [0.25, 0.3) is 11.5 Å². The van der Waals surface area contributed by atoms with E-state index in [1.165, 1.54) is 0 Å². The molecule has 130 valence electrons. The molecule has 1 fully saturated rings. The van der Waals surface area contributed by atoms with Gasteiger partial charge in [-0.25, -0.2) is 4.98 Å². The third kappa shape index (κ3) is 3.70. The van der Waals surface area contributed by atoms with Crippen LogP contribution in [0.3, 0.4) is 0 Å². The first-order chi connectivity index (χ1) is 11.6. The van der Waals surface area contributed by atoms with Gasteiger partial charge in [0.15, 0.2) is 0 Å². The highest BCUT2D eigenvalue weighted by Crippen LogP contribution is 2.24. The first-order valence-corrected chi connectivity index (χ1v) is 9.49. The van der Waals surface area contributed by atoms with Crippen LogP contribution in [0.5, 0.6) is 0 Å². The van der Waals surface area contributed by atoms with Crippen molar-refractivity contribution in [3.05, 3.63) is 28.3 Å². The largest absolute Gasteiger partial charge is 0.441 e. The van der Waals surface area contributed by atoms with E-state index in [2.05, 4.69) is 16.8 Å². The summed E-state index contributed by atoms with van der Waals surface area (Å²) in [7, 11) is 1.92. The van der Waals surface area contributed by atoms with Gasteiger partial charge in [0.05, 0.1) is 12.1 Å². The van der Waals surface area contributed by atoms with E-state index in [-0.39, 0.29) is 5.91 Å². The van der Waals surface area contributed by atoms with Gasteiger partial charge >= 0.3 is 0 Å². The Balaban J connectivity index is 1.62. The van der Waals surface area contributed by atoms with Crippen molar-refractivity contribution in [2.45, 2.75) is 39.2 Å². The highest BCUT2D eigenvalue weighted by atomic mass is 32.1. The number of carbonyl (C=O) groups is 1. The highest BCUT2D eigenvalue weighted by molar-refractivity contribution is 7.08. The van der Waals surface area contributed by atoms with Crippen LogP contribution in [-0.4, -0.2) is 53.4 Å². The molecule has 1 aliphatic rings. The Kier molecular flexibility index (Phi) is 5.36. The van der Waals surface area contributed by atoms with E-state index in [1.54, 1.807) is 11.3 Å². The molecule has 6 heteroatoms. The van der Waals surface area contributed by atoms with Crippen LogP contribution in [0.1, 0.15) is 31.2 Å². The summed E-state index contributed by atoms with van der Waals surface area (Å²) < 4.78 is 5.73. The lowest BCUT2D eigenvalue weighted by Gasteiger charge is -2.36. The fraction of sp³-hybridized carbons (Fsp3) is 0.556. The summed E-state index contributed by atoms with van der Waals surface area (Å²) in [4.78, 5) is 21.5. The van der Waals surface area contributed by atoms with Gasteiger partial charge in [-0.1, -0.05) is 6.92 Å². The smallest absolute Gasteiger partial charge is 0.228 e. The van der Waals surface area contributed by atoms with E-state index in [1.807, 2.05) is 35.7 Å². The van der Waals surface area contributed by atoms with Crippen molar-refractivity contribution >= 4 is 17.2 Å².